The quantitative estimate of drug-likeness (QED) is 0.215. The number of benzene rings is 2. The van der Waals surface area contributed by atoms with Crippen LogP contribution in [0.5, 0.6) is 11.5 Å². The topological polar surface area (TPSA) is 142 Å². The molecule has 2 rings (SSSR count). The molecule has 4 unspecified atom stereocenters. The lowest BCUT2D eigenvalue weighted by Crippen LogP contribution is -2.38. The van der Waals surface area contributed by atoms with E-state index >= 15 is 0 Å². The van der Waals surface area contributed by atoms with E-state index in [0.29, 0.717) is 11.1 Å². The van der Waals surface area contributed by atoms with Gasteiger partial charge in [0.2, 0.25) is 0 Å². The minimum atomic E-state index is -1.35. The maximum atomic E-state index is 12.7. The number of carbonyl (C=O) groups excluding carboxylic acids is 3. The highest BCUT2D eigenvalue weighted by Crippen LogP contribution is 2.35. The van der Waals surface area contributed by atoms with Crippen molar-refractivity contribution in [2.75, 3.05) is 0 Å². The van der Waals surface area contributed by atoms with Gasteiger partial charge in [0.05, 0.1) is 5.56 Å². The van der Waals surface area contributed by atoms with E-state index in [1.807, 2.05) is 27.7 Å². The highest BCUT2D eigenvalue weighted by Gasteiger charge is 2.30. The lowest BCUT2D eigenvalue weighted by Gasteiger charge is -2.25. The van der Waals surface area contributed by atoms with Crippen LogP contribution in [0.15, 0.2) is 48.5 Å². The maximum absolute atomic E-state index is 12.7. The van der Waals surface area contributed by atoms with Crippen LogP contribution in [0.25, 0.3) is 0 Å². The SMILES string of the molecule is CCC(C)CC(=O)Oc1ccc(C(CC(C)OC(=O)c2ccccc2)[C@H](N)C(=O)O)cc1OC(=O)CC(C)CC. The molecule has 0 aliphatic rings. The molecule has 0 amide bonds. The highest BCUT2D eigenvalue weighted by atomic mass is 16.6. The van der Waals surface area contributed by atoms with Gasteiger partial charge in [-0.1, -0.05) is 64.8 Å². The average Bonchev–Trinajstić information content (AvgIpc) is 2.92. The summed E-state index contributed by atoms with van der Waals surface area (Å²) in [6.45, 7) is 9.44. The van der Waals surface area contributed by atoms with Crippen LogP contribution in [-0.2, 0) is 19.1 Å². The van der Waals surface area contributed by atoms with E-state index in [1.54, 1.807) is 43.3 Å². The third-order valence-corrected chi connectivity index (χ3v) is 6.89. The van der Waals surface area contributed by atoms with Gasteiger partial charge in [-0.2, -0.15) is 0 Å². The van der Waals surface area contributed by atoms with Gasteiger partial charge in [0.25, 0.3) is 0 Å². The van der Waals surface area contributed by atoms with Crippen molar-refractivity contribution in [3.8, 4) is 11.5 Å². The number of carboxylic acids is 1. The van der Waals surface area contributed by atoms with Crippen molar-refractivity contribution in [1.82, 2.24) is 0 Å². The summed E-state index contributed by atoms with van der Waals surface area (Å²) in [5.41, 5.74) is 6.88. The fourth-order valence-electron chi connectivity index (χ4n) is 4.00. The first-order valence-corrected chi connectivity index (χ1v) is 13.7. The molecule has 218 valence electrons. The summed E-state index contributed by atoms with van der Waals surface area (Å²) in [7, 11) is 0. The second-order valence-corrected chi connectivity index (χ2v) is 10.4. The van der Waals surface area contributed by atoms with Crippen LogP contribution in [0.1, 0.15) is 88.6 Å². The fraction of sp³-hybridized carbons (Fsp3) is 0.484. The Morgan fingerprint density at radius 3 is 1.90 bits per heavy atom. The van der Waals surface area contributed by atoms with E-state index in [4.69, 9.17) is 19.9 Å². The lowest BCUT2D eigenvalue weighted by molar-refractivity contribution is -0.139. The Hall–Kier alpha value is -3.72. The van der Waals surface area contributed by atoms with E-state index in [0.717, 1.165) is 12.8 Å². The second-order valence-electron chi connectivity index (χ2n) is 10.4. The van der Waals surface area contributed by atoms with Gasteiger partial charge in [0, 0.05) is 18.8 Å². The van der Waals surface area contributed by atoms with Crippen molar-refractivity contribution in [1.29, 1.82) is 0 Å². The predicted molar refractivity (Wildman–Crippen MR) is 150 cm³/mol. The second kappa shape index (κ2) is 15.8. The van der Waals surface area contributed by atoms with E-state index in [2.05, 4.69) is 0 Å². The molecule has 40 heavy (non-hydrogen) atoms. The predicted octanol–water partition coefficient (Wildman–Crippen LogP) is 5.50. The Kier molecular flexibility index (Phi) is 12.8. The molecule has 0 aliphatic carbocycles. The van der Waals surface area contributed by atoms with Gasteiger partial charge in [-0.3, -0.25) is 14.4 Å². The van der Waals surface area contributed by atoms with Crippen molar-refractivity contribution >= 4 is 23.9 Å². The molecule has 0 spiro atoms. The van der Waals surface area contributed by atoms with Crippen molar-refractivity contribution in [2.24, 2.45) is 17.6 Å². The smallest absolute Gasteiger partial charge is 0.338 e. The van der Waals surface area contributed by atoms with E-state index in [-0.39, 0.29) is 42.6 Å². The van der Waals surface area contributed by atoms with Gasteiger partial charge in [-0.25, -0.2) is 4.79 Å². The summed E-state index contributed by atoms with van der Waals surface area (Å²) in [5, 5.41) is 9.72. The van der Waals surface area contributed by atoms with Crippen molar-refractivity contribution in [3.05, 3.63) is 59.7 Å². The Bertz CT molecular complexity index is 1150. The third-order valence-electron chi connectivity index (χ3n) is 6.89. The summed E-state index contributed by atoms with van der Waals surface area (Å²) in [6.07, 6.45) is 1.32. The summed E-state index contributed by atoms with van der Waals surface area (Å²) < 4.78 is 16.7. The Balaban J connectivity index is 2.37. The van der Waals surface area contributed by atoms with Crippen molar-refractivity contribution < 1.29 is 38.5 Å². The highest BCUT2D eigenvalue weighted by molar-refractivity contribution is 5.89. The van der Waals surface area contributed by atoms with Crippen molar-refractivity contribution in [3.63, 3.8) is 0 Å². The number of aliphatic carboxylic acids is 1. The van der Waals surface area contributed by atoms with Gasteiger partial charge in [0.1, 0.15) is 12.1 Å². The average molecular weight is 556 g/mol. The zero-order chi connectivity index (χ0) is 29.8. The molecule has 2 aromatic rings. The van der Waals surface area contributed by atoms with E-state index in [9.17, 15) is 24.3 Å². The maximum Gasteiger partial charge on any atom is 0.338 e. The summed E-state index contributed by atoms with van der Waals surface area (Å²) in [6, 6.07) is 11.6. The molecule has 0 saturated carbocycles. The number of ether oxygens (including phenoxy) is 3. The van der Waals surface area contributed by atoms with Gasteiger partial charge in [0.15, 0.2) is 11.5 Å². The molecule has 0 bridgehead atoms. The van der Waals surface area contributed by atoms with Crippen LogP contribution in [-0.4, -0.2) is 41.1 Å². The molecule has 9 nitrogen and oxygen atoms in total. The molecule has 0 aliphatic heterocycles. The Morgan fingerprint density at radius 2 is 1.38 bits per heavy atom. The zero-order valence-electron chi connectivity index (χ0n) is 23.9. The number of esters is 3. The molecule has 0 fully saturated rings. The molecule has 9 heteroatoms. The zero-order valence-corrected chi connectivity index (χ0v) is 23.9. The van der Waals surface area contributed by atoms with Gasteiger partial charge in [-0.05, 0) is 55.0 Å². The fourth-order valence-corrected chi connectivity index (χ4v) is 4.00. The number of hydrogen-bond acceptors (Lipinski definition) is 8. The number of carbonyl (C=O) groups is 4. The Morgan fingerprint density at radius 1 is 0.825 bits per heavy atom. The molecule has 0 heterocycles. The van der Waals surface area contributed by atoms with Gasteiger partial charge >= 0.3 is 23.9 Å². The molecule has 2 aromatic carbocycles. The largest absolute Gasteiger partial charge is 0.480 e. The first-order valence-electron chi connectivity index (χ1n) is 13.7. The molecular weight excluding hydrogens is 514 g/mol. The summed E-state index contributed by atoms with van der Waals surface area (Å²) >= 11 is 0. The molecular formula is C31H41NO8. The minimum absolute atomic E-state index is 0.000160. The van der Waals surface area contributed by atoms with Crippen LogP contribution in [0.4, 0.5) is 0 Å². The minimum Gasteiger partial charge on any atom is -0.480 e. The number of hydrogen-bond donors (Lipinski definition) is 2. The van der Waals surface area contributed by atoms with Crippen molar-refractivity contribution in [2.45, 2.75) is 84.8 Å². The molecule has 0 radical (unpaired) electrons. The number of nitrogens with two attached hydrogens (primary N) is 1. The lowest BCUT2D eigenvalue weighted by atomic mass is 9.87. The molecule has 0 saturated heterocycles. The normalized spacial score (nSPS) is 14.8. The third kappa shape index (κ3) is 10.1. The van der Waals surface area contributed by atoms with E-state index < -0.39 is 41.9 Å². The van der Waals surface area contributed by atoms with Crippen LogP contribution in [0.2, 0.25) is 0 Å². The van der Waals surface area contributed by atoms with Crippen LogP contribution < -0.4 is 15.2 Å². The summed E-state index contributed by atoms with van der Waals surface area (Å²) in [5.74, 6) is -3.32. The summed E-state index contributed by atoms with van der Waals surface area (Å²) in [4.78, 5) is 49.6. The first kappa shape index (κ1) is 32.5. The van der Waals surface area contributed by atoms with Crippen LogP contribution in [0.3, 0.4) is 0 Å². The molecule has 3 N–H and O–H groups in total. The monoisotopic (exact) mass is 555 g/mol. The van der Waals surface area contributed by atoms with Gasteiger partial charge < -0.3 is 25.1 Å². The number of rotatable bonds is 15. The molecule has 5 atom stereocenters. The van der Waals surface area contributed by atoms with E-state index in [1.165, 1.54) is 12.1 Å². The van der Waals surface area contributed by atoms with Crippen LogP contribution >= 0.6 is 0 Å². The Labute approximate surface area is 236 Å². The van der Waals surface area contributed by atoms with Gasteiger partial charge in [-0.15, -0.1) is 0 Å². The van der Waals surface area contributed by atoms with Crippen LogP contribution in [0, 0.1) is 11.8 Å². The first-order chi connectivity index (χ1) is 18.9. The standard InChI is InChI=1S/C31H41NO8/c1-6-19(3)15-27(33)39-25-14-13-23(18-26(25)40-28(34)16-20(4)7-2)24(29(32)30(35)36)17-21(5)38-31(37)22-11-9-8-10-12-22/h8-14,18-21,24,29H,6-7,15-17,32H2,1-5H3,(H,35,36)/t19?,20?,21?,24?,29-/m0/s1. The number of carboxylic acid groups (broad SMARTS) is 1. The molecule has 0 aromatic heterocycles.